The van der Waals surface area contributed by atoms with Crippen LogP contribution in [-0.2, 0) is 0 Å². The Bertz CT molecular complexity index is 108. The van der Waals surface area contributed by atoms with Crippen molar-refractivity contribution in [1.82, 2.24) is 0 Å². The van der Waals surface area contributed by atoms with Gasteiger partial charge in [0, 0.05) is 6.21 Å². The van der Waals surface area contributed by atoms with Gasteiger partial charge in [-0.1, -0.05) is 6.08 Å². The van der Waals surface area contributed by atoms with Crippen LogP contribution in [-0.4, -0.2) is 6.21 Å². The molecule has 0 bridgehead atoms. The zero-order chi connectivity index (χ0) is 5.54. The van der Waals surface area contributed by atoms with Gasteiger partial charge in [0.2, 0.25) is 0 Å². The molecule has 0 aromatic carbocycles. The highest BCUT2D eigenvalue weighted by Crippen LogP contribution is 1.73. The molecule has 0 aliphatic rings. The highest BCUT2D eigenvalue weighted by molar-refractivity contribution is 5.67. The first-order chi connectivity index (χ1) is 3.41. The van der Waals surface area contributed by atoms with Crippen molar-refractivity contribution in [3.8, 4) is 6.07 Å². The average molecular weight is 94.1 g/mol. The maximum absolute atomic E-state index is 7.92. The molecule has 0 aromatic rings. The van der Waals surface area contributed by atoms with Crippen molar-refractivity contribution in [3.05, 3.63) is 12.2 Å². The second kappa shape index (κ2) is 4.90. The van der Waals surface area contributed by atoms with Gasteiger partial charge >= 0.3 is 0 Å². The predicted octanol–water partition coefficient (Wildman–Crippen LogP) is 1.11. The summed E-state index contributed by atoms with van der Waals surface area (Å²) in [5.74, 6) is 0. The summed E-state index contributed by atoms with van der Waals surface area (Å²) in [5, 5.41) is 14.4. The van der Waals surface area contributed by atoms with Crippen molar-refractivity contribution in [2.24, 2.45) is 0 Å². The van der Waals surface area contributed by atoms with Crippen LogP contribution in [0.2, 0.25) is 0 Å². The monoisotopic (exact) mass is 94.1 g/mol. The zero-order valence-corrected chi connectivity index (χ0v) is 3.89. The lowest BCUT2D eigenvalue weighted by molar-refractivity contribution is 1.36. The first kappa shape index (κ1) is 5.90. The molecule has 0 aliphatic carbocycles. The van der Waals surface area contributed by atoms with Gasteiger partial charge in [-0.25, -0.2) is 0 Å². The fraction of sp³-hybridized carbons (Fsp3) is 0.200. The van der Waals surface area contributed by atoms with Gasteiger partial charge in [-0.05, 0) is 6.08 Å². The molecular weight excluding hydrogens is 88.1 g/mol. The van der Waals surface area contributed by atoms with Crippen LogP contribution in [0.25, 0.3) is 0 Å². The molecule has 0 rings (SSSR count). The number of nitriles is 1. The highest BCUT2D eigenvalue weighted by Gasteiger charge is 1.63. The van der Waals surface area contributed by atoms with Crippen LogP contribution < -0.4 is 0 Å². The number of hydrogen-bond acceptors (Lipinski definition) is 2. The van der Waals surface area contributed by atoms with Crippen LogP contribution in [0.15, 0.2) is 12.2 Å². The van der Waals surface area contributed by atoms with Gasteiger partial charge in [-0.2, -0.15) is 5.26 Å². The van der Waals surface area contributed by atoms with Crippen LogP contribution in [0, 0.1) is 16.7 Å². The van der Waals surface area contributed by atoms with Gasteiger partial charge in [0.1, 0.15) is 0 Å². The van der Waals surface area contributed by atoms with E-state index in [1.54, 1.807) is 6.08 Å². The van der Waals surface area contributed by atoms with Gasteiger partial charge in [-0.3, -0.25) is 0 Å². The number of allylic oxidation sites excluding steroid dienone is 2. The number of hydrogen-bond donors (Lipinski definition) is 1. The van der Waals surface area contributed by atoms with Gasteiger partial charge < -0.3 is 5.41 Å². The fourth-order valence-electron chi connectivity index (χ4n) is 0.189. The normalized spacial score (nSPS) is 8.43. The molecule has 36 valence electrons. The summed E-state index contributed by atoms with van der Waals surface area (Å²) in [5.41, 5.74) is 0. The third-order valence-electron chi connectivity index (χ3n) is 0.441. The lowest BCUT2D eigenvalue weighted by Crippen LogP contribution is -1.57. The van der Waals surface area contributed by atoms with E-state index in [9.17, 15) is 0 Å². The maximum atomic E-state index is 7.92. The summed E-state index contributed by atoms with van der Waals surface area (Å²) in [6.45, 7) is 0. The van der Waals surface area contributed by atoms with Crippen molar-refractivity contribution in [2.45, 2.75) is 6.42 Å². The Balaban J connectivity index is 3.13. The Kier molecular flexibility index (Phi) is 4.13. The second-order valence-corrected chi connectivity index (χ2v) is 0.957. The van der Waals surface area contributed by atoms with E-state index in [1.807, 2.05) is 6.07 Å². The minimum Gasteiger partial charge on any atom is -0.309 e. The Hall–Kier alpha value is -1.10. The standard InChI is InChI=1S/C5H6N2/c6-4-2-1-3-5-7/h1-2,4,6H,3H2/b2-1+,6-4?. The molecule has 2 heteroatoms. The molecule has 0 heterocycles. The molecule has 0 atom stereocenters. The van der Waals surface area contributed by atoms with E-state index >= 15 is 0 Å². The third kappa shape index (κ3) is 4.90. The van der Waals surface area contributed by atoms with E-state index in [4.69, 9.17) is 10.7 Å². The lowest BCUT2D eigenvalue weighted by atomic mass is 10.4. The van der Waals surface area contributed by atoms with Crippen LogP contribution in [0.4, 0.5) is 0 Å². The van der Waals surface area contributed by atoms with Crippen molar-refractivity contribution in [2.75, 3.05) is 0 Å². The van der Waals surface area contributed by atoms with E-state index in [0.29, 0.717) is 6.42 Å². The summed E-state index contributed by atoms with van der Waals surface area (Å²) in [6, 6.07) is 1.91. The predicted molar refractivity (Wildman–Crippen MR) is 28.2 cm³/mol. The van der Waals surface area contributed by atoms with Gasteiger partial charge in [0.25, 0.3) is 0 Å². The quantitative estimate of drug-likeness (QED) is 0.512. The molecule has 0 saturated carbocycles. The smallest absolute Gasteiger partial charge is 0.0663 e. The summed E-state index contributed by atoms with van der Waals surface area (Å²) in [7, 11) is 0. The lowest BCUT2D eigenvalue weighted by Gasteiger charge is -1.65. The van der Waals surface area contributed by atoms with Crippen LogP contribution in [0.1, 0.15) is 6.42 Å². The molecule has 7 heavy (non-hydrogen) atoms. The number of nitrogens with zero attached hydrogens (tertiary/aromatic N) is 1. The van der Waals surface area contributed by atoms with Crippen molar-refractivity contribution < 1.29 is 0 Å². The molecular formula is C5H6N2. The average Bonchev–Trinajstić information content (AvgIpc) is 1.69. The molecule has 0 aliphatic heterocycles. The fourth-order valence-corrected chi connectivity index (χ4v) is 0.189. The summed E-state index contributed by atoms with van der Waals surface area (Å²) >= 11 is 0. The second-order valence-electron chi connectivity index (χ2n) is 0.957. The molecule has 0 fully saturated rings. The van der Waals surface area contributed by atoms with Crippen LogP contribution in [0.3, 0.4) is 0 Å². The van der Waals surface area contributed by atoms with E-state index in [-0.39, 0.29) is 0 Å². The van der Waals surface area contributed by atoms with Crippen molar-refractivity contribution in [1.29, 1.82) is 10.7 Å². The van der Waals surface area contributed by atoms with Crippen molar-refractivity contribution in [3.63, 3.8) is 0 Å². The molecule has 0 radical (unpaired) electrons. The molecule has 0 aromatic heterocycles. The number of nitrogens with one attached hydrogen (secondary N) is 1. The van der Waals surface area contributed by atoms with Crippen LogP contribution in [0.5, 0.6) is 0 Å². The highest BCUT2D eigenvalue weighted by atomic mass is 14.3. The van der Waals surface area contributed by atoms with E-state index in [1.165, 1.54) is 6.08 Å². The minimum absolute atomic E-state index is 0.398. The van der Waals surface area contributed by atoms with E-state index in [0.717, 1.165) is 6.21 Å². The molecule has 0 amide bonds. The Morgan fingerprint density at radius 2 is 2.43 bits per heavy atom. The minimum atomic E-state index is 0.398. The van der Waals surface area contributed by atoms with Crippen LogP contribution >= 0.6 is 0 Å². The first-order valence-corrected chi connectivity index (χ1v) is 1.94. The van der Waals surface area contributed by atoms with E-state index in [2.05, 4.69) is 0 Å². The molecule has 0 spiro atoms. The summed E-state index contributed by atoms with van der Waals surface area (Å²) in [4.78, 5) is 0. The first-order valence-electron chi connectivity index (χ1n) is 1.94. The number of rotatable bonds is 2. The van der Waals surface area contributed by atoms with Gasteiger partial charge in [0.15, 0.2) is 0 Å². The van der Waals surface area contributed by atoms with E-state index < -0.39 is 0 Å². The SMILES string of the molecule is N#CC/C=C/C=N. The molecule has 1 N–H and O–H groups in total. The third-order valence-corrected chi connectivity index (χ3v) is 0.441. The molecule has 0 unspecified atom stereocenters. The van der Waals surface area contributed by atoms with Crippen molar-refractivity contribution >= 4 is 6.21 Å². The Morgan fingerprint density at radius 1 is 1.71 bits per heavy atom. The molecule has 0 saturated heterocycles. The topological polar surface area (TPSA) is 47.6 Å². The van der Waals surface area contributed by atoms with Gasteiger partial charge in [0.05, 0.1) is 12.5 Å². The molecule has 2 nitrogen and oxygen atoms in total. The summed E-state index contributed by atoms with van der Waals surface area (Å²) < 4.78 is 0. The maximum Gasteiger partial charge on any atom is 0.0663 e. The zero-order valence-electron chi connectivity index (χ0n) is 3.89. The Morgan fingerprint density at radius 3 is 2.86 bits per heavy atom. The summed E-state index contributed by atoms with van der Waals surface area (Å²) in [6.07, 6.45) is 4.71. The van der Waals surface area contributed by atoms with Gasteiger partial charge in [-0.15, -0.1) is 0 Å². The largest absolute Gasteiger partial charge is 0.309 e. The Labute approximate surface area is 42.6 Å².